The molecule has 4 rings (SSSR count). The van der Waals surface area contributed by atoms with Gasteiger partial charge in [0.1, 0.15) is 6.04 Å². The van der Waals surface area contributed by atoms with Crippen LogP contribution in [-0.2, 0) is 14.4 Å². The zero-order chi connectivity index (χ0) is 22.0. The zero-order valence-corrected chi connectivity index (χ0v) is 18.2. The number of hydrogen-bond donors (Lipinski definition) is 0. The lowest BCUT2D eigenvalue weighted by Crippen LogP contribution is -2.52. The summed E-state index contributed by atoms with van der Waals surface area (Å²) in [6.07, 6.45) is 2.47. The fourth-order valence-corrected chi connectivity index (χ4v) is 4.74. The van der Waals surface area contributed by atoms with Crippen molar-refractivity contribution in [1.82, 2.24) is 9.80 Å². The Morgan fingerprint density at radius 3 is 2.26 bits per heavy atom. The average Bonchev–Trinajstić information content (AvgIpc) is 3.20. The van der Waals surface area contributed by atoms with E-state index in [-0.39, 0.29) is 30.2 Å². The average molecular weight is 420 g/mol. The maximum absolute atomic E-state index is 13.3. The second-order valence-corrected chi connectivity index (χ2v) is 8.40. The number of rotatable bonds is 3. The number of carbonyl (C=O) groups excluding carboxylic acids is 3. The molecule has 0 N–H and O–H groups in total. The quantitative estimate of drug-likeness (QED) is 0.767. The predicted octanol–water partition coefficient (Wildman–Crippen LogP) is 3.32. The summed E-state index contributed by atoms with van der Waals surface area (Å²) in [6, 6.07) is 17.6. The molecule has 0 aromatic heterocycles. The first-order chi connectivity index (χ1) is 15.0. The van der Waals surface area contributed by atoms with Crippen molar-refractivity contribution in [2.75, 3.05) is 25.0 Å². The molecule has 0 radical (unpaired) electrons. The van der Waals surface area contributed by atoms with E-state index in [0.717, 1.165) is 29.7 Å². The van der Waals surface area contributed by atoms with Crippen molar-refractivity contribution in [3.05, 3.63) is 54.6 Å². The molecule has 3 amide bonds. The van der Waals surface area contributed by atoms with E-state index in [1.807, 2.05) is 42.5 Å². The normalized spacial score (nSPS) is 21.3. The van der Waals surface area contributed by atoms with Crippen LogP contribution in [0.1, 0.15) is 32.6 Å². The topological polar surface area (TPSA) is 60.9 Å². The van der Waals surface area contributed by atoms with Crippen LogP contribution in [0.15, 0.2) is 54.6 Å². The van der Waals surface area contributed by atoms with Crippen molar-refractivity contribution in [2.45, 2.75) is 44.7 Å². The Labute approximate surface area is 183 Å². The Morgan fingerprint density at radius 1 is 0.903 bits per heavy atom. The molecule has 2 aromatic rings. The summed E-state index contributed by atoms with van der Waals surface area (Å²) in [4.78, 5) is 43.2. The molecule has 0 unspecified atom stereocenters. The van der Waals surface area contributed by atoms with Crippen LogP contribution in [-0.4, -0.2) is 59.7 Å². The number of hydrogen-bond acceptors (Lipinski definition) is 3. The van der Waals surface area contributed by atoms with E-state index in [1.54, 1.807) is 28.7 Å². The first kappa shape index (κ1) is 21.1. The predicted molar refractivity (Wildman–Crippen MR) is 120 cm³/mol. The first-order valence-electron chi connectivity index (χ1n) is 11.0. The van der Waals surface area contributed by atoms with Crippen molar-refractivity contribution in [3.63, 3.8) is 0 Å². The number of anilines is 1. The van der Waals surface area contributed by atoms with E-state index in [1.165, 1.54) is 0 Å². The highest BCUT2D eigenvalue weighted by atomic mass is 16.2. The molecule has 162 valence electrons. The largest absolute Gasteiger partial charge is 0.342 e. The third kappa shape index (κ3) is 4.33. The maximum Gasteiger partial charge on any atom is 0.249 e. The number of likely N-dealkylation sites (N-methyl/N-ethyl adjacent to an activating group) is 1. The number of carbonyl (C=O) groups is 3. The van der Waals surface area contributed by atoms with Crippen LogP contribution in [0.3, 0.4) is 0 Å². The van der Waals surface area contributed by atoms with Gasteiger partial charge in [0.05, 0.1) is 0 Å². The third-order valence-corrected chi connectivity index (χ3v) is 6.54. The summed E-state index contributed by atoms with van der Waals surface area (Å²) in [5, 5.41) is 0. The standard InChI is InChI=1S/C25H29N3O3/c1-18(29)27-16-14-22-12-13-23(28(22)24(30)15-17-27)25(31)26(2)21-10-8-20(9-11-21)19-6-4-3-5-7-19/h3-11,22-23H,12-17H2,1-2H3/t22-,23+/m1/s1. The lowest BCUT2D eigenvalue weighted by Gasteiger charge is -2.35. The van der Waals surface area contributed by atoms with Crippen molar-refractivity contribution < 1.29 is 14.4 Å². The molecule has 2 aliphatic rings. The van der Waals surface area contributed by atoms with E-state index in [0.29, 0.717) is 19.5 Å². The molecule has 2 aliphatic heterocycles. The second-order valence-electron chi connectivity index (χ2n) is 8.40. The minimum absolute atomic E-state index is 0.00514. The Hall–Kier alpha value is -3.15. The zero-order valence-electron chi connectivity index (χ0n) is 18.2. The second kappa shape index (κ2) is 8.92. The van der Waals surface area contributed by atoms with Crippen molar-refractivity contribution in [1.29, 1.82) is 0 Å². The van der Waals surface area contributed by atoms with Gasteiger partial charge in [0, 0.05) is 45.2 Å². The highest BCUT2D eigenvalue weighted by Crippen LogP contribution is 2.31. The van der Waals surface area contributed by atoms with Gasteiger partial charge in [-0.05, 0) is 42.5 Å². The molecule has 0 saturated carbocycles. The fraction of sp³-hybridized carbons (Fsp3) is 0.400. The van der Waals surface area contributed by atoms with Gasteiger partial charge in [0.2, 0.25) is 17.7 Å². The van der Waals surface area contributed by atoms with Gasteiger partial charge >= 0.3 is 0 Å². The minimum Gasteiger partial charge on any atom is -0.342 e. The van der Waals surface area contributed by atoms with Gasteiger partial charge in [-0.25, -0.2) is 0 Å². The number of amides is 3. The van der Waals surface area contributed by atoms with Crippen LogP contribution in [0.4, 0.5) is 5.69 Å². The van der Waals surface area contributed by atoms with Crippen molar-refractivity contribution >= 4 is 23.4 Å². The molecule has 2 fully saturated rings. The van der Waals surface area contributed by atoms with Crippen LogP contribution in [0.25, 0.3) is 11.1 Å². The molecular formula is C25H29N3O3. The van der Waals surface area contributed by atoms with Crippen molar-refractivity contribution in [3.8, 4) is 11.1 Å². The fourth-order valence-electron chi connectivity index (χ4n) is 4.74. The van der Waals surface area contributed by atoms with Crippen LogP contribution < -0.4 is 4.90 Å². The van der Waals surface area contributed by atoms with Gasteiger partial charge in [-0.2, -0.15) is 0 Å². The van der Waals surface area contributed by atoms with Gasteiger partial charge < -0.3 is 14.7 Å². The smallest absolute Gasteiger partial charge is 0.249 e. The van der Waals surface area contributed by atoms with Gasteiger partial charge in [-0.3, -0.25) is 14.4 Å². The number of benzene rings is 2. The molecular weight excluding hydrogens is 390 g/mol. The first-order valence-corrected chi connectivity index (χ1v) is 11.0. The molecule has 2 atom stereocenters. The van der Waals surface area contributed by atoms with Crippen LogP contribution >= 0.6 is 0 Å². The molecule has 31 heavy (non-hydrogen) atoms. The van der Waals surface area contributed by atoms with Gasteiger partial charge in [0.15, 0.2) is 0 Å². The molecule has 0 aliphatic carbocycles. The van der Waals surface area contributed by atoms with Gasteiger partial charge in [-0.1, -0.05) is 42.5 Å². The number of fused-ring (bicyclic) bond motifs is 1. The Morgan fingerprint density at radius 2 is 1.58 bits per heavy atom. The highest BCUT2D eigenvalue weighted by Gasteiger charge is 2.42. The Bertz CT molecular complexity index is 958. The van der Waals surface area contributed by atoms with Gasteiger partial charge in [-0.15, -0.1) is 0 Å². The minimum atomic E-state index is -0.430. The van der Waals surface area contributed by atoms with E-state index in [9.17, 15) is 14.4 Å². The maximum atomic E-state index is 13.3. The molecule has 0 spiro atoms. The van der Waals surface area contributed by atoms with Gasteiger partial charge in [0.25, 0.3) is 0 Å². The van der Waals surface area contributed by atoms with E-state index < -0.39 is 6.04 Å². The lowest BCUT2D eigenvalue weighted by atomic mass is 10.1. The van der Waals surface area contributed by atoms with E-state index >= 15 is 0 Å². The van der Waals surface area contributed by atoms with E-state index in [2.05, 4.69) is 12.1 Å². The lowest BCUT2D eigenvalue weighted by molar-refractivity contribution is -0.142. The summed E-state index contributed by atoms with van der Waals surface area (Å²) in [6.45, 7) is 2.61. The van der Waals surface area contributed by atoms with Crippen molar-refractivity contribution in [2.24, 2.45) is 0 Å². The SMILES string of the molecule is CC(=O)N1CCC(=O)N2[C@H](CC[C@H]2C(=O)N(C)c2ccc(-c3ccccc3)cc2)CC1. The summed E-state index contributed by atoms with van der Waals surface area (Å²) >= 11 is 0. The van der Waals surface area contributed by atoms with E-state index in [4.69, 9.17) is 0 Å². The summed E-state index contributed by atoms with van der Waals surface area (Å²) < 4.78 is 0. The molecule has 2 aromatic carbocycles. The molecule has 2 saturated heterocycles. The highest BCUT2D eigenvalue weighted by molar-refractivity contribution is 5.99. The molecule has 6 heteroatoms. The Kier molecular flexibility index (Phi) is 6.07. The van der Waals surface area contributed by atoms with Crippen LogP contribution in [0, 0.1) is 0 Å². The summed E-state index contributed by atoms with van der Waals surface area (Å²) in [7, 11) is 1.78. The summed E-state index contributed by atoms with van der Waals surface area (Å²) in [5.41, 5.74) is 3.04. The molecule has 2 heterocycles. The monoisotopic (exact) mass is 419 g/mol. The number of nitrogens with zero attached hydrogens (tertiary/aromatic N) is 3. The van der Waals surface area contributed by atoms with Crippen LogP contribution in [0.5, 0.6) is 0 Å². The van der Waals surface area contributed by atoms with Crippen LogP contribution in [0.2, 0.25) is 0 Å². The third-order valence-electron chi connectivity index (χ3n) is 6.54. The summed E-state index contributed by atoms with van der Waals surface area (Å²) in [5.74, 6) is -0.0718. The molecule has 6 nitrogen and oxygen atoms in total. The molecule has 0 bridgehead atoms. The Balaban J connectivity index is 1.48.